The summed E-state index contributed by atoms with van der Waals surface area (Å²) in [6.07, 6.45) is 6.57. The number of aromatic nitrogens is 2. The van der Waals surface area contributed by atoms with E-state index in [4.69, 9.17) is 14.2 Å². The van der Waals surface area contributed by atoms with Crippen LogP contribution >= 0.6 is 0 Å². The zero-order chi connectivity index (χ0) is 23.5. The molecular weight excluding hydrogens is 424 g/mol. The highest BCUT2D eigenvalue weighted by Crippen LogP contribution is 2.35. The molecule has 0 spiro atoms. The third kappa shape index (κ3) is 4.82. The molecule has 0 amide bonds. The fourth-order valence-electron chi connectivity index (χ4n) is 4.53. The zero-order valence-corrected chi connectivity index (χ0v) is 19.2. The SMILES string of the molecule is COc1cc(C(O)C(Cc2cn3cccc(C(=O)O)c3n2)OC2CCCC2)cc(OC)c1C. The molecule has 0 aliphatic heterocycles. The predicted molar refractivity (Wildman–Crippen MR) is 122 cm³/mol. The smallest absolute Gasteiger partial charge is 0.339 e. The Morgan fingerprint density at radius 3 is 2.48 bits per heavy atom. The van der Waals surface area contributed by atoms with Gasteiger partial charge in [0.25, 0.3) is 0 Å². The number of benzene rings is 1. The fraction of sp³-hybridized carbons (Fsp3) is 0.440. The van der Waals surface area contributed by atoms with Crippen molar-refractivity contribution in [3.8, 4) is 11.5 Å². The van der Waals surface area contributed by atoms with E-state index in [1.165, 1.54) is 6.07 Å². The van der Waals surface area contributed by atoms with E-state index in [1.54, 1.807) is 49.2 Å². The Morgan fingerprint density at radius 1 is 1.21 bits per heavy atom. The van der Waals surface area contributed by atoms with Crippen LogP contribution < -0.4 is 9.47 Å². The monoisotopic (exact) mass is 454 g/mol. The average Bonchev–Trinajstić information content (AvgIpc) is 3.47. The second-order valence-electron chi connectivity index (χ2n) is 8.47. The van der Waals surface area contributed by atoms with Gasteiger partial charge in [0.15, 0.2) is 5.65 Å². The van der Waals surface area contributed by atoms with Crippen LogP contribution in [0.2, 0.25) is 0 Å². The second kappa shape index (κ2) is 9.80. The Balaban J connectivity index is 1.68. The van der Waals surface area contributed by atoms with Crippen molar-refractivity contribution in [1.29, 1.82) is 0 Å². The van der Waals surface area contributed by atoms with Crippen LogP contribution in [-0.2, 0) is 11.2 Å². The molecule has 33 heavy (non-hydrogen) atoms. The van der Waals surface area contributed by atoms with Crippen molar-refractivity contribution in [2.75, 3.05) is 14.2 Å². The van der Waals surface area contributed by atoms with E-state index in [9.17, 15) is 15.0 Å². The van der Waals surface area contributed by atoms with Crippen LogP contribution in [0.15, 0.2) is 36.7 Å². The lowest BCUT2D eigenvalue weighted by molar-refractivity contribution is -0.0757. The minimum Gasteiger partial charge on any atom is -0.496 e. The van der Waals surface area contributed by atoms with Crippen LogP contribution in [0.1, 0.15) is 59.0 Å². The highest BCUT2D eigenvalue weighted by atomic mass is 16.5. The van der Waals surface area contributed by atoms with Gasteiger partial charge >= 0.3 is 5.97 Å². The van der Waals surface area contributed by atoms with Crippen molar-refractivity contribution >= 4 is 11.6 Å². The van der Waals surface area contributed by atoms with E-state index < -0.39 is 18.2 Å². The van der Waals surface area contributed by atoms with Gasteiger partial charge in [-0.1, -0.05) is 12.8 Å². The Bertz CT molecular complexity index is 1110. The Kier molecular flexibility index (Phi) is 6.85. The van der Waals surface area contributed by atoms with Gasteiger partial charge in [0, 0.05) is 24.4 Å². The summed E-state index contributed by atoms with van der Waals surface area (Å²) >= 11 is 0. The number of aliphatic hydroxyl groups is 1. The Labute approximate surface area is 192 Å². The van der Waals surface area contributed by atoms with Crippen LogP contribution in [0.4, 0.5) is 0 Å². The molecule has 1 aromatic carbocycles. The van der Waals surface area contributed by atoms with Crippen LogP contribution in [-0.4, -0.2) is 52.0 Å². The first kappa shape index (κ1) is 23.1. The van der Waals surface area contributed by atoms with Gasteiger partial charge in [0.1, 0.15) is 23.2 Å². The number of methoxy groups -OCH3 is 2. The van der Waals surface area contributed by atoms with Crippen LogP contribution in [0.25, 0.3) is 5.65 Å². The summed E-state index contributed by atoms with van der Waals surface area (Å²) in [4.78, 5) is 16.1. The van der Waals surface area contributed by atoms with Crippen molar-refractivity contribution in [3.63, 3.8) is 0 Å². The van der Waals surface area contributed by atoms with E-state index >= 15 is 0 Å². The number of rotatable bonds is 9. The highest BCUT2D eigenvalue weighted by molar-refractivity contribution is 5.94. The lowest BCUT2D eigenvalue weighted by Crippen LogP contribution is -2.29. The van der Waals surface area contributed by atoms with Crippen LogP contribution in [0, 0.1) is 6.92 Å². The van der Waals surface area contributed by atoms with Crippen LogP contribution in [0.3, 0.4) is 0 Å². The number of carbonyl (C=O) groups is 1. The Morgan fingerprint density at radius 2 is 1.88 bits per heavy atom. The third-order valence-electron chi connectivity index (χ3n) is 6.31. The summed E-state index contributed by atoms with van der Waals surface area (Å²) < 4.78 is 19.0. The van der Waals surface area contributed by atoms with Crippen LogP contribution in [0.5, 0.6) is 11.5 Å². The maximum Gasteiger partial charge on any atom is 0.339 e. The zero-order valence-electron chi connectivity index (χ0n) is 19.2. The molecule has 1 aliphatic rings. The normalized spacial score (nSPS) is 16.1. The third-order valence-corrected chi connectivity index (χ3v) is 6.31. The molecule has 1 fully saturated rings. The molecule has 2 N–H and O–H groups in total. The lowest BCUT2D eigenvalue weighted by Gasteiger charge is -2.27. The number of ether oxygens (including phenoxy) is 3. The van der Waals surface area contributed by atoms with Crippen molar-refractivity contribution in [2.24, 2.45) is 0 Å². The van der Waals surface area contributed by atoms with Gasteiger partial charge in [-0.3, -0.25) is 0 Å². The maximum absolute atomic E-state index is 11.6. The minimum atomic E-state index is -1.03. The number of fused-ring (bicyclic) bond motifs is 1. The number of nitrogens with zero attached hydrogens (tertiary/aromatic N) is 2. The number of aromatic carboxylic acids is 1. The minimum absolute atomic E-state index is 0.0745. The van der Waals surface area contributed by atoms with E-state index in [0.717, 1.165) is 31.2 Å². The summed E-state index contributed by atoms with van der Waals surface area (Å²) in [6.45, 7) is 1.90. The summed E-state index contributed by atoms with van der Waals surface area (Å²) in [5.74, 6) is 0.221. The number of imidazole rings is 1. The van der Waals surface area contributed by atoms with Gasteiger partial charge in [0.2, 0.25) is 0 Å². The van der Waals surface area contributed by atoms with Gasteiger partial charge < -0.3 is 28.8 Å². The molecule has 1 aliphatic carbocycles. The van der Waals surface area contributed by atoms with Gasteiger partial charge in [-0.05, 0) is 49.6 Å². The van der Waals surface area contributed by atoms with Gasteiger partial charge in [-0.2, -0.15) is 0 Å². The molecule has 3 aromatic rings. The molecule has 2 aromatic heterocycles. The largest absolute Gasteiger partial charge is 0.496 e. The molecule has 8 heteroatoms. The Hall–Kier alpha value is -3.10. The van der Waals surface area contributed by atoms with Crippen molar-refractivity contribution in [1.82, 2.24) is 9.38 Å². The van der Waals surface area contributed by atoms with E-state index in [-0.39, 0.29) is 11.7 Å². The lowest BCUT2D eigenvalue weighted by atomic mass is 9.98. The van der Waals surface area contributed by atoms with E-state index in [0.29, 0.717) is 34.8 Å². The molecule has 2 heterocycles. The molecule has 0 saturated heterocycles. The van der Waals surface area contributed by atoms with Gasteiger partial charge in [-0.25, -0.2) is 9.78 Å². The van der Waals surface area contributed by atoms with Crippen molar-refractivity contribution < 1.29 is 29.2 Å². The second-order valence-corrected chi connectivity index (χ2v) is 8.47. The first-order valence-corrected chi connectivity index (χ1v) is 11.2. The molecule has 2 unspecified atom stereocenters. The first-order chi connectivity index (χ1) is 15.9. The van der Waals surface area contributed by atoms with Crippen molar-refractivity contribution in [3.05, 3.63) is 59.0 Å². The first-order valence-electron chi connectivity index (χ1n) is 11.2. The standard InChI is InChI=1S/C25H30N2O6/c1-15-20(31-2)11-16(12-21(15)32-3)23(28)22(33-18-7-4-5-8-18)13-17-14-27-10-6-9-19(25(29)30)24(27)26-17/h6,9-12,14,18,22-23,28H,4-5,7-8,13H2,1-3H3,(H,29,30). The number of hydrogen-bond acceptors (Lipinski definition) is 6. The summed E-state index contributed by atoms with van der Waals surface area (Å²) in [5, 5.41) is 20.9. The molecule has 2 atom stereocenters. The quantitative estimate of drug-likeness (QED) is 0.504. The molecule has 176 valence electrons. The number of pyridine rings is 1. The number of carboxylic acids is 1. The van der Waals surface area contributed by atoms with Crippen molar-refractivity contribution in [2.45, 2.75) is 57.3 Å². The highest BCUT2D eigenvalue weighted by Gasteiger charge is 2.29. The topological polar surface area (TPSA) is 103 Å². The number of hydrogen-bond donors (Lipinski definition) is 2. The maximum atomic E-state index is 11.6. The van der Waals surface area contributed by atoms with Gasteiger partial charge in [0.05, 0.1) is 32.1 Å². The number of aliphatic hydroxyl groups excluding tert-OH is 1. The average molecular weight is 455 g/mol. The summed E-state index contributed by atoms with van der Waals surface area (Å²) in [6, 6.07) is 6.81. The summed E-state index contributed by atoms with van der Waals surface area (Å²) in [7, 11) is 3.17. The van der Waals surface area contributed by atoms with E-state index in [2.05, 4.69) is 4.98 Å². The molecule has 0 radical (unpaired) electrons. The molecule has 1 saturated carbocycles. The van der Waals surface area contributed by atoms with E-state index in [1.807, 2.05) is 6.92 Å². The molecular formula is C25H30N2O6. The summed E-state index contributed by atoms with van der Waals surface area (Å²) in [5.41, 5.74) is 2.63. The van der Waals surface area contributed by atoms with Gasteiger partial charge in [-0.15, -0.1) is 0 Å². The predicted octanol–water partition coefficient (Wildman–Crippen LogP) is 3.96. The fourth-order valence-corrected chi connectivity index (χ4v) is 4.53. The molecule has 0 bridgehead atoms. The molecule has 4 rings (SSSR count). The molecule has 8 nitrogen and oxygen atoms in total. The number of carboxylic acid groups (broad SMARTS) is 1.